The molecule has 30 heavy (non-hydrogen) atoms. The number of rotatable bonds is 7. The number of amides is 2. The van der Waals surface area contributed by atoms with Crippen molar-refractivity contribution >= 4 is 28.5 Å². The van der Waals surface area contributed by atoms with Gasteiger partial charge in [0, 0.05) is 13.0 Å². The van der Waals surface area contributed by atoms with E-state index in [0.717, 1.165) is 22.4 Å². The van der Waals surface area contributed by atoms with Crippen LogP contribution in [0.15, 0.2) is 79.3 Å². The van der Waals surface area contributed by atoms with Gasteiger partial charge in [-0.1, -0.05) is 42.5 Å². The molecule has 2 heterocycles. The fourth-order valence-corrected chi connectivity index (χ4v) is 3.13. The molecule has 0 aliphatic carbocycles. The van der Waals surface area contributed by atoms with Gasteiger partial charge in [-0.05, 0) is 29.8 Å². The number of hydrogen-bond acceptors (Lipinski definition) is 4. The summed E-state index contributed by atoms with van der Waals surface area (Å²) in [4.78, 5) is 32.8. The summed E-state index contributed by atoms with van der Waals surface area (Å²) >= 11 is 0. The van der Waals surface area contributed by atoms with E-state index in [1.807, 2.05) is 65.2 Å². The highest BCUT2D eigenvalue weighted by molar-refractivity contribution is 5.91. The number of carbonyl (C=O) groups excluding carboxylic acids is 2. The Bertz CT molecular complexity index is 1150. The average molecular weight is 399 g/mol. The predicted octanol–water partition coefficient (Wildman–Crippen LogP) is 3.11. The third-order valence-corrected chi connectivity index (χ3v) is 4.61. The first-order valence-corrected chi connectivity index (χ1v) is 9.68. The SMILES string of the molecule is O=C(Cc1ccccc1)NCCC(=O)Nc1ccc(-n2cnc3ccccc32)nc1. The van der Waals surface area contributed by atoms with Crippen LogP contribution in [0.2, 0.25) is 0 Å². The molecular formula is C23H21N5O2. The fraction of sp³-hybridized carbons (Fsp3) is 0.130. The van der Waals surface area contributed by atoms with Crippen molar-refractivity contribution in [2.24, 2.45) is 0 Å². The minimum absolute atomic E-state index is 0.104. The van der Waals surface area contributed by atoms with Gasteiger partial charge in [-0.25, -0.2) is 9.97 Å². The average Bonchev–Trinajstić information content (AvgIpc) is 3.19. The van der Waals surface area contributed by atoms with E-state index in [0.29, 0.717) is 12.1 Å². The lowest BCUT2D eigenvalue weighted by molar-refractivity contribution is -0.120. The van der Waals surface area contributed by atoms with Crippen LogP contribution in [0.5, 0.6) is 0 Å². The highest BCUT2D eigenvalue weighted by Gasteiger charge is 2.08. The van der Waals surface area contributed by atoms with Crippen LogP contribution in [0, 0.1) is 0 Å². The molecule has 7 nitrogen and oxygen atoms in total. The molecule has 7 heteroatoms. The van der Waals surface area contributed by atoms with Gasteiger partial charge >= 0.3 is 0 Å². The molecule has 2 aromatic heterocycles. The fourth-order valence-electron chi connectivity index (χ4n) is 3.13. The lowest BCUT2D eigenvalue weighted by Gasteiger charge is -2.08. The van der Waals surface area contributed by atoms with Gasteiger partial charge in [-0.15, -0.1) is 0 Å². The smallest absolute Gasteiger partial charge is 0.226 e. The van der Waals surface area contributed by atoms with E-state index in [4.69, 9.17) is 0 Å². The summed E-state index contributed by atoms with van der Waals surface area (Å²) in [6.07, 6.45) is 3.82. The van der Waals surface area contributed by atoms with Gasteiger partial charge in [-0.2, -0.15) is 0 Å². The summed E-state index contributed by atoms with van der Waals surface area (Å²) in [6.45, 7) is 0.282. The molecule has 150 valence electrons. The van der Waals surface area contributed by atoms with Crippen molar-refractivity contribution in [3.63, 3.8) is 0 Å². The number of carbonyl (C=O) groups is 2. The van der Waals surface area contributed by atoms with Crippen molar-refractivity contribution in [2.75, 3.05) is 11.9 Å². The Kier molecular flexibility index (Phi) is 5.80. The summed E-state index contributed by atoms with van der Waals surface area (Å²) in [5.41, 5.74) is 3.40. The molecule has 4 aromatic rings. The largest absolute Gasteiger partial charge is 0.355 e. The Balaban J connectivity index is 1.27. The quantitative estimate of drug-likeness (QED) is 0.500. The molecule has 2 N–H and O–H groups in total. The van der Waals surface area contributed by atoms with E-state index in [9.17, 15) is 9.59 Å². The zero-order valence-corrected chi connectivity index (χ0v) is 16.3. The zero-order valence-electron chi connectivity index (χ0n) is 16.3. The van der Waals surface area contributed by atoms with E-state index >= 15 is 0 Å². The molecule has 0 atom stereocenters. The van der Waals surface area contributed by atoms with Crippen molar-refractivity contribution in [3.8, 4) is 5.82 Å². The number of hydrogen-bond donors (Lipinski definition) is 2. The third kappa shape index (κ3) is 4.70. The molecular weight excluding hydrogens is 378 g/mol. The number of nitrogens with zero attached hydrogens (tertiary/aromatic N) is 3. The first kappa shape index (κ1) is 19.3. The van der Waals surface area contributed by atoms with Gasteiger partial charge in [-0.3, -0.25) is 14.2 Å². The summed E-state index contributed by atoms with van der Waals surface area (Å²) < 4.78 is 1.89. The van der Waals surface area contributed by atoms with Crippen LogP contribution >= 0.6 is 0 Å². The summed E-state index contributed by atoms with van der Waals surface area (Å²) in [5, 5.41) is 5.56. The highest BCUT2D eigenvalue weighted by atomic mass is 16.2. The number of para-hydroxylation sites is 2. The van der Waals surface area contributed by atoms with Crippen LogP contribution in [-0.2, 0) is 16.0 Å². The van der Waals surface area contributed by atoms with Crippen LogP contribution in [0.1, 0.15) is 12.0 Å². The zero-order chi connectivity index (χ0) is 20.8. The molecule has 4 rings (SSSR count). The van der Waals surface area contributed by atoms with Crippen molar-refractivity contribution in [1.82, 2.24) is 19.9 Å². The molecule has 0 saturated carbocycles. The van der Waals surface area contributed by atoms with Gasteiger partial charge in [0.2, 0.25) is 11.8 Å². The Morgan fingerprint density at radius 3 is 2.47 bits per heavy atom. The minimum atomic E-state index is -0.183. The molecule has 0 aliphatic rings. The van der Waals surface area contributed by atoms with Crippen LogP contribution < -0.4 is 10.6 Å². The number of pyridine rings is 1. The second-order valence-electron chi connectivity index (χ2n) is 6.82. The van der Waals surface area contributed by atoms with Crippen molar-refractivity contribution in [1.29, 1.82) is 0 Å². The maximum absolute atomic E-state index is 12.1. The number of benzene rings is 2. The van der Waals surface area contributed by atoms with Gasteiger partial charge in [0.15, 0.2) is 0 Å². The number of fused-ring (bicyclic) bond motifs is 1. The summed E-state index contributed by atoms with van der Waals surface area (Å²) in [7, 11) is 0. The van der Waals surface area contributed by atoms with Crippen molar-refractivity contribution < 1.29 is 9.59 Å². The van der Waals surface area contributed by atoms with Crippen LogP contribution in [0.25, 0.3) is 16.9 Å². The predicted molar refractivity (Wildman–Crippen MR) is 115 cm³/mol. The lowest BCUT2D eigenvalue weighted by Crippen LogP contribution is -2.28. The van der Waals surface area contributed by atoms with Gasteiger partial charge < -0.3 is 10.6 Å². The Labute approximate surface area is 173 Å². The molecule has 0 saturated heterocycles. The van der Waals surface area contributed by atoms with Crippen molar-refractivity contribution in [2.45, 2.75) is 12.8 Å². The van der Waals surface area contributed by atoms with Crippen molar-refractivity contribution in [3.05, 3.63) is 84.8 Å². The molecule has 2 aromatic carbocycles. The highest BCUT2D eigenvalue weighted by Crippen LogP contribution is 2.17. The van der Waals surface area contributed by atoms with Crippen LogP contribution in [-0.4, -0.2) is 32.9 Å². The molecule has 0 radical (unpaired) electrons. The summed E-state index contributed by atoms with van der Waals surface area (Å²) in [5.74, 6) is 0.431. The van der Waals surface area contributed by atoms with Crippen LogP contribution in [0.3, 0.4) is 0 Å². The van der Waals surface area contributed by atoms with Gasteiger partial charge in [0.25, 0.3) is 0 Å². The minimum Gasteiger partial charge on any atom is -0.355 e. The Morgan fingerprint density at radius 2 is 1.67 bits per heavy atom. The summed E-state index contributed by atoms with van der Waals surface area (Å²) in [6, 6.07) is 20.9. The lowest BCUT2D eigenvalue weighted by atomic mass is 10.1. The molecule has 0 unspecified atom stereocenters. The standard InChI is InChI=1S/C23H21N5O2/c29-22(12-13-24-23(30)14-17-6-2-1-3-7-17)27-18-10-11-21(25-15-18)28-16-26-19-8-4-5-9-20(19)28/h1-11,15-16H,12-14H2,(H,24,30)(H,27,29). The topological polar surface area (TPSA) is 88.9 Å². The van der Waals surface area contributed by atoms with E-state index < -0.39 is 0 Å². The van der Waals surface area contributed by atoms with E-state index in [2.05, 4.69) is 20.6 Å². The third-order valence-electron chi connectivity index (χ3n) is 4.61. The maximum Gasteiger partial charge on any atom is 0.226 e. The second kappa shape index (κ2) is 9.00. The number of anilines is 1. The van der Waals surface area contributed by atoms with Gasteiger partial charge in [0.05, 0.1) is 29.3 Å². The normalized spacial score (nSPS) is 10.7. The number of nitrogens with one attached hydrogen (secondary N) is 2. The Morgan fingerprint density at radius 1 is 0.867 bits per heavy atom. The first-order valence-electron chi connectivity index (χ1n) is 9.68. The first-order chi connectivity index (χ1) is 14.7. The van der Waals surface area contributed by atoms with E-state index in [1.165, 1.54) is 0 Å². The Hall–Kier alpha value is -4.00. The van der Waals surface area contributed by atoms with Gasteiger partial charge in [0.1, 0.15) is 12.1 Å². The molecule has 2 amide bonds. The number of aromatic nitrogens is 3. The maximum atomic E-state index is 12.1. The molecule has 0 spiro atoms. The van der Waals surface area contributed by atoms with Crippen LogP contribution in [0.4, 0.5) is 5.69 Å². The monoisotopic (exact) mass is 399 g/mol. The van der Waals surface area contributed by atoms with E-state index in [1.54, 1.807) is 18.6 Å². The molecule has 0 aliphatic heterocycles. The molecule has 0 fully saturated rings. The second-order valence-corrected chi connectivity index (χ2v) is 6.82. The molecule has 0 bridgehead atoms. The van der Waals surface area contributed by atoms with E-state index in [-0.39, 0.29) is 24.8 Å². The number of imidazole rings is 1.